The van der Waals surface area contributed by atoms with Gasteiger partial charge in [-0.25, -0.2) is 4.79 Å². The van der Waals surface area contributed by atoms with Gasteiger partial charge in [0.05, 0.1) is 18.6 Å². The minimum Gasteiger partial charge on any atom is -0.486 e. The molecular weight excluding hydrogens is 326 g/mol. The number of carbonyl (C=O) groups is 2. The van der Waals surface area contributed by atoms with Gasteiger partial charge in [0.1, 0.15) is 13.2 Å². The van der Waals surface area contributed by atoms with E-state index in [9.17, 15) is 14.7 Å². The van der Waals surface area contributed by atoms with Crippen molar-refractivity contribution < 1.29 is 28.9 Å². The molecule has 7 nitrogen and oxygen atoms in total. The molecule has 0 bridgehead atoms. The highest BCUT2D eigenvalue weighted by atomic mass is 16.6. The van der Waals surface area contributed by atoms with Crippen LogP contribution in [0.15, 0.2) is 30.9 Å². The second kappa shape index (κ2) is 8.02. The minimum absolute atomic E-state index is 0.135. The zero-order chi connectivity index (χ0) is 18.4. The van der Waals surface area contributed by atoms with Crippen LogP contribution in [-0.4, -0.2) is 49.5 Å². The molecular formula is C18H23NO6. The molecule has 0 spiro atoms. The number of carboxylic acid groups (broad SMARTS) is 1. The normalized spacial score (nSPS) is 14.5. The monoisotopic (exact) mass is 349 g/mol. The number of ether oxygens (including phenoxy) is 3. The number of carboxylic acids is 1. The van der Waals surface area contributed by atoms with Crippen LogP contribution in [0, 0.1) is 0 Å². The van der Waals surface area contributed by atoms with Gasteiger partial charge in [-0.2, -0.15) is 0 Å². The van der Waals surface area contributed by atoms with E-state index in [2.05, 4.69) is 11.9 Å². The third-order valence-corrected chi connectivity index (χ3v) is 3.96. The van der Waals surface area contributed by atoms with E-state index in [1.807, 2.05) is 0 Å². The first kappa shape index (κ1) is 18.8. The van der Waals surface area contributed by atoms with Gasteiger partial charge >= 0.3 is 5.97 Å². The highest BCUT2D eigenvalue weighted by Gasteiger charge is 2.34. The van der Waals surface area contributed by atoms with Crippen molar-refractivity contribution in [2.75, 3.05) is 26.4 Å². The molecule has 0 radical (unpaired) electrons. The van der Waals surface area contributed by atoms with E-state index in [1.54, 1.807) is 32.0 Å². The van der Waals surface area contributed by atoms with Crippen molar-refractivity contribution >= 4 is 11.9 Å². The smallest absolute Gasteiger partial charge is 0.328 e. The van der Waals surface area contributed by atoms with Crippen LogP contribution in [0.4, 0.5) is 0 Å². The predicted molar refractivity (Wildman–Crippen MR) is 91.0 cm³/mol. The second-order valence-corrected chi connectivity index (χ2v) is 6.17. The summed E-state index contributed by atoms with van der Waals surface area (Å²) in [5, 5.41) is 11.8. The van der Waals surface area contributed by atoms with Gasteiger partial charge in [-0.1, -0.05) is 12.1 Å². The lowest BCUT2D eigenvalue weighted by Crippen LogP contribution is -2.50. The van der Waals surface area contributed by atoms with Crippen molar-refractivity contribution in [2.24, 2.45) is 0 Å². The van der Waals surface area contributed by atoms with Crippen LogP contribution in [-0.2, 0) is 19.7 Å². The molecule has 0 aliphatic carbocycles. The fraction of sp³-hybridized carbons (Fsp3) is 0.444. The van der Waals surface area contributed by atoms with Crippen LogP contribution in [0.25, 0.3) is 0 Å². The van der Waals surface area contributed by atoms with Gasteiger partial charge in [0.15, 0.2) is 17.5 Å². The van der Waals surface area contributed by atoms with Crippen LogP contribution in [0.1, 0.15) is 19.4 Å². The number of rotatable bonds is 8. The Morgan fingerprint density at radius 2 is 2.04 bits per heavy atom. The molecule has 0 saturated carbocycles. The molecule has 7 heteroatoms. The first-order valence-electron chi connectivity index (χ1n) is 7.98. The van der Waals surface area contributed by atoms with E-state index in [4.69, 9.17) is 14.2 Å². The van der Waals surface area contributed by atoms with Crippen LogP contribution in [0.5, 0.6) is 11.5 Å². The van der Waals surface area contributed by atoms with E-state index in [0.717, 1.165) is 0 Å². The molecule has 1 aliphatic heterocycles. The highest BCUT2D eigenvalue weighted by molar-refractivity contribution is 5.91. The number of benzene rings is 1. The maximum Gasteiger partial charge on any atom is 0.328 e. The lowest BCUT2D eigenvalue weighted by atomic mass is 9.83. The van der Waals surface area contributed by atoms with E-state index in [0.29, 0.717) is 30.3 Å². The average molecular weight is 349 g/mol. The SMILES string of the molecule is C=CCOCC(NC(=O)C(C)(C)c1ccc2c(c1)OCCO2)C(=O)O. The van der Waals surface area contributed by atoms with Gasteiger partial charge in [-0.3, -0.25) is 4.79 Å². The Morgan fingerprint density at radius 3 is 2.68 bits per heavy atom. The largest absolute Gasteiger partial charge is 0.486 e. The first-order valence-corrected chi connectivity index (χ1v) is 7.98. The molecule has 0 saturated heterocycles. The number of hydrogen-bond donors (Lipinski definition) is 2. The summed E-state index contributed by atoms with van der Waals surface area (Å²) in [6, 6.07) is 4.14. The summed E-state index contributed by atoms with van der Waals surface area (Å²) in [4.78, 5) is 24.0. The van der Waals surface area contributed by atoms with Crippen LogP contribution in [0.2, 0.25) is 0 Å². The van der Waals surface area contributed by atoms with Gasteiger partial charge in [0, 0.05) is 0 Å². The Kier molecular flexibility index (Phi) is 6.03. The van der Waals surface area contributed by atoms with Gasteiger partial charge in [0.2, 0.25) is 5.91 Å². The maximum absolute atomic E-state index is 12.7. The van der Waals surface area contributed by atoms with Gasteiger partial charge in [-0.15, -0.1) is 6.58 Å². The van der Waals surface area contributed by atoms with Crippen LogP contribution in [0.3, 0.4) is 0 Å². The standard InChI is InChI=1S/C18H23NO6/c1-4-7-23-11-13(16(20)21)19-17(22)18(2,3)12-5-6-14-15(10-12)25-9-8-24-14/h4-6,10,13H,1,7-9,11H2,2-3H3,(H,19,22)(H,20,21). The summed E-state index contributed by atoms with van der Waals surface area (Å²) < 4.78 is 16.2. The van der Waals surface area contributed by atoms with Gasteiger partial charge in [0.25, 0.3) is 0 Å². The van der Waals surface area contributed by atoms with Crippen LogP contribution < -0.4 is 14.8 Å². The fourth-order valence-corrected chi connectivity index (χ4v) is 2.35. The van der Waals surface area contributed by atoms with Crippen molar-refractivity contribution in [3.63, 3.8) is 0 Å². The second-order valence-electron chi connectivity index (χ2n) is 6.17. The van der Waals surface area contributed by atoms with E-state index < -0.39 is 23.3 Å². The third-order valence-electron chi connectivity index (χ3n) is 3.96. The predicted octanol–water partition coefficient (Wildman–Crippen LogP) is 1.51. The summed E-state index contributed by atoms with van der Waals surface area (Å²) in [7, 11) is 0. The molecule has 1 aromatic rings. The van der Waals surface area contributed by atoms with E-state index in [1.165, 1.54) is 6.08 Å². The summed E-state index contributed by atoms with van der Waals surface area (Å²) in [5.41, 5.74) is -0.257. The lowest BCUT2D eigenvalue weighted by molar-refractivity contribution is -0.144. The fourth-order valence-electron chi connectivity index (χ4n) is 2.35. The van der Waals surface area contributed by atoms with E-state index in [-0.39, 0.29) is 13.2 Å². The number of aliphatic carboxylic acids is 1. The Bertz CT molecular complexity index is 655. The Morgan fingerprint density at radius 1 is 1.36 bits per heavy atom. The molecule has 2 N–H and O–H groups in total. The summed E-state index contributed by atoms with van der Waals surface area (Å²) in [6.07, 6.45) is 1.51. The zero-order valence-electron chi connectivity index (χ0n) is 14.4. The summed E-state index contributed by atoms with van der Waals surface area (Å²) in [5.74, 6) is -0.365. The molecule has 2 rings (SSSR count). The van der Waals surface area contributed by atoms with Crippen LogP contribution >= 0.6 is 0 Å². The molecule has 1 amide bonds. The molecule has 136 valence electrons. The Balaban J connectivity index is 2.12. The Hall–Kier alpha value is -2.54. The molecule has 0 fully saturated rings. The molecule has 1 aliphatic rings. The van der Waals surface area contributed by atoms with Crippen molar-refractivity contribution in [3.8, 4) is 11.5 Å². The molecule has 0 aromatic heterocycles. The topological polar surface area (TPSA) is 94.1 Å². The molecule has 1 heterocycles. The number of hydrogen-bond acceptors (Lipinski definition) is 5. The van der Waals surface area contributed by atoms with E-state index >= 15 is 0 Å². The lowest BCUT2D eigenvalue weighted by Gasteiger charge is -2.28. The molecule has 1 aromatic carbocycles. The number of fused-ring (bicyclic) bond motifs is 1. The number of nitrogens with one attached hydrogen (secondary N) is 1. The molecule has 1 atom stereocenters. The van der Waals surface area contributed by atoms with Crippen molar-refractivity contribution in [2.45, 2.75) is 25.3 Å². The minimum atomic E-state index is -1.16. The zero-order valence-corrected chi connectivity index (χ0v) is 14.4. The van der Waals surface area contributed by atoms with Crippen molar-refractivity contribution in [1.82, 2.24) is 5.32 Å². The van der Waals surface area contributed by atoms with Gasteiger partial charge in [-0.05, 0) is 31.5 Å². The Labute approximate surface area is 146 Å². The molecule has 1 unspecified atom stereocenters. The summed E-state index contributed by atoms with van der Waals surface area (Å²) in [6.45, 7) is 7.95. The average Bonchev–Trinajstić information content (AvgIpc) is 2.60. The maximum atomic E-state index is 12.7. The van der Waals surface area contributed by atoms with Gasteiger partial charge < -0.3 is 24.6 Å². The summed E-state index contributed by atoms with van der Waals surface area (Å²) >= 11 is 0. The van der Waals surface area contributed by atoms with Crippen molar-refractivity contribution in [3.05, 3.63) is 36.4 Å². The number of amides is 1. The first-order chi connectivity index (χ1) is 11.9. The highest BCUT2D eigenvalue weighted by Crippen LogP contribution is 2.35. The van der Waals surface area contributed by atoms with Crippen molar-refractivity contribution in [1.29, 1.82) is 0 Å². The molecule has 25 heavy (non-hydrogen) atoms. The number of carbonyl (C=O) groups excluding carboxylic acids is 1. The third kappa shape index (κ3) is 4.51. The quantitative estimate of drug-likeness (QED) is 0.546.